The highest BCUT2D eigenvalue weighted by Gasteiger charge is 2.19. The number of imidazole rings is 1. The molecule has 0 N–H and O–H groups in total. The number of hydrogen-bond donors (Lipinski definition) is 0. The van der Waals surface area contributed by atoms with Crippen molar-refractivity contribution >= 4 is 23.6 Å². The predicted octanol–water partition coefficient (Wildman–Crippen LogP) is 4.06. The maximum atomic E-state index is 12.5. The molecule has 0 unspecified atom stereocenters. The van der Waals surface area contributed by atoms with Crippen molar-refractivity contribution in [2.75, 3.05) is 32.7 Å². The number of hydrogen-bond acceptors (Lipinski definition) is 3. The second kappa shape index (κ2) is 9.74. The SMILES string of the molecule is O=C(/C=C/c1ccccc1Cl)N1CCN(CCn2ccnc2-c2ccccc2)CC1. The topological polar surface area (TPSA) is 41.4 Å². The molecule has 0 spiro atoms. The van der Waals surface area contributed by atoms with Gasteiger partial charge in [-0.1, -0.05) is 60.1 Å². The summed E-state index contributed by atoms with van der Waals surface area (Å²) in [5.41, 5.74) is 1.99. The maximum absolute atomic E-state index is 12.5. The van der Waals surface area contributed by atoms with Crippen LogP contribution in [0, 0.1) is 0 Å². The van der Waals surface area contributed by atoms with Gasteiger partial charge in [-0.15, -0.1) is 0 Å². The Morgan fingerprint density at radius 1 is 0.967 bits per heavy atom. The first-order valence-corrected chi connectivity index (χ1v) is 10.6. The first-order chi connectivity index (χ1) is 14.7. The molecule has 0 aliphatic carbocycles. The van der Waals surface area contributed by atoms with Gasteiger partial charge in [-0.25, -0.2) is 4.98 Å². The predicted molar refractivity (Wildman–Crippen MR) is 121 cm³/mol. The van der Waals surface area contributed by atoms with Gasteiger partial charge in [-0.05, 0) is 17.7 Å². The maximum Gasteiger partial charge on any atom is 0.246 e. The fraction of sp³-hybridized carbons (Fsp3) is 0.250. The summed E-state index contributed by atoms with van der Waals surface area (Å²) in [5.74, 6) is 1.03. The van der Waals surface area contributed by atoms with Crippen molar-refractivity contribution in [1.29, 1.82) is 0 Å². The molecule has 154 valence electrons. The summed E-state index contributed by atoms with van der Waals surface area (Å²) in [4.78, 5) is 21.3. The highest BCUT2D eigenvalue weighted by Crippen LogP contribution is 2.18. The van der Waals surface area contributed by atoms with E-state index in [-0.39, 0.29) is 5.91 Å². The molecule has 1 saturated heterocycles. The van der Waals surface area contributed by atoms with Gasteiger partial charge in [0.25, 0.3) is 0 Å². The molecular weight excluding hydrogens is 396 g/mol. The third-order valence-electron chi connectivity index (χ3n) is 5.40. The average molecular weight is 421 g/mol. The van der Waals surface area contributed by atoms with E-state index in [9.17, 15) is 4.79 Å². The number of carbonyl (C=O) groups excluding carboxylic acids is 1. The summed E-state index contributed by atoms with van der Waals surface area (Å²) in [7, 11) is 0. The van der Waals surface area contributed by atoms with Crippen molar-refractivity contribution in [2.24, 2.45) is 0 Å². The molecule has 5 nitrogen and oxygen atoms in total. The van der Waals surface area contributed by atoms with Crippen LogP contribution in [0.1, 0.15) is 5.56 Å². The number of carbonyl (C=O) groups is 1. The van der Waals surface area contributed by atoms with Gasteiger partial charge in [0.2, 0.25) is 5.91 Å². The van der Waals surface area contributed by atoms with Crippen molar-refractivity contribution in [3.05, 3.63) is 83.7 Å². The van der Waals surface area contributed by atoms with E-state index in [1.807, 2.05) is 59.8 Å². The van der Waals surface area contributed by atoms with E-state index in [2.05, 4.69) is 26.6 Å². The molecule has 30 heavy (non-hydrogen) atoms. The molecule has 1 aliphatic rings. The van der Waals surface area contributed by atoms with Crippen LogP contribution in [0.5, 0.6) is 0 Å². The van der Waals surface area contributed by atoms with Crippen LogP contribution in [0.2, 0.25) is 5.02 Å². The van der Waals surface area contributed by atoms with Crippen LogP contribution in [-0.2, 0) is 11.3 Å². The van der Waals surface area contributed by atoms with E-state index in [1.165, 1.54) is 0 Å². The van der Waals surface area contributed by atoms with E-state index in [0.717, 1.165) is 56.2 Å². The number of rotatable bonds is 6. The summed E-state index contributed by atoms with van der Waals surface area (Å²) < 4.78 is 2.19. The minimum Gasteiger partial charge on any atom is -0.337 e. The quantitative estimate of drug-likeness (QED) is 0.564. The van der Waals surface area contributed by atoms with E-state index in [0.29, 0.717) is 5.02 Å². The molecule has 0 radical (unpaired) electrons. The zero-order valence-corrected chi connectivity index (χ0v) is 17.6. The zero-order chi connectivity index (χ0) is 20.8. The number of benzene rings is 2. The number of piperazine rings is 1. The first-order valence-electron chi connectivity index (χ1n) is 10.2. The molecule has 2 heterocycles. The van der Waals surface area contributed by atoms with E-state index < -0.39 is 0 Å². The molecule has 0 atom stereocenters. The van der Waals surface area contributed by atoms with Gasteiger partial charge in [-0.3, -0.25) is 9.69 Å². The van der Waals surface area contributed by atoms with Crippen LogP contribution in [0.15, 0.2) is 73.1 Å². The lowest BCUT2D eigenvalue weighted by atomic mass is 10.2. The Balaban J connectivity index is 1.27. The van der Waals surface area contributed by atoms with Gasteiger partial charge in [0, 0.05) is 68.3 Å². The van der Waals surface area contributed by atoms with E-state index in [4.69, 9.17) is 11.6 Å². The Morgan fingerprint density at radius 3 is 2.47 bits per heavy atom. The van der Waals surface area contributed by atoms with E-state index in [1.54, 1.807) is 12.2 Å². The Labute approximate surface area is 182 Å². The Bertz CT molecular complexity index is 1010. The van der Waals surface area contributed by atoms with Gasteiger partial charge < -0.3 is 9.47 Å². The van der Waals surface area contributed by atoms with Crippen LogP contribution in [0.3, 0.4) is 0 Å². The molecule has 0 bridgehead atoms. The van der Waals surface area contributed by atoms with Crippen LogP contribution < -0.4 is 0 Å². The molecule has 3 aromatic rings. The summed E-state index contributed by atoms with van der Waals surface area (Å²) in [6.07, 6.45) is 7.29. The second-order valence-electron chi connectivity index (χ2n) is 7.33. The minimum atomic E-state index is 0.0375. The molecule has 1 aliphatic heterocycles. The number of aromatic nitrogens is 2. The number of nitrogens with zero attached hydrogens (tertiary/aromatic N) is 4. The smallest absolute Gasteiger partial charge is 0.246 e. The molecule has 1 fully saturated rings. The minimum absolute atomic E-state index is 0.0375. The Hall–Kier alpha value is -2.89. The first kappa shape index (κ1) is 20.4. The van der Waals surface area contributed by atoms with E-state index >= 15 is 0 Å². The average Bonchev–Trinajstić information content (AvgIpc) is 3.26. The largest absolute Gasteiger partial charge is 0.337 e. The van der Waals surface area contributed by atoms with Crippen molar-refractivity contribution in [1.82, 2.24) is 19.4 Å². The molecule has 1 amide bonds. The van der Waals surface area contributed by atoms with Gasteiger partial charge in [0.1, 0.15) is 5.82 Å². The summed E-state index contributed by atoms with van der Waals surface area (Å²) in [6.45, 7) is 5.04. The normalized spacial score (nSPS) is 15.0. The molecule has 4 rings (SSSR count). The highest BCUT2D eigenvalue weighted by atomic mass is 35.5. The molecule has 0 saturated carbocycles. The van der Waals surface area contributed by atoms with Crippen molar-refractivity contribution in [2.45, 2.75) is 6.54 Å². The number of halogens is 1. The molecule has 6 heteroatoms. The lowest BCUT2D eigenvalue weighted by Crippen LogP contribution is -2.48. The van der Waals surface area contributed by atoms with Crippen LogP contribution in [-0.4, -0.2) is 58.0 Å². The zero-order valence-electron chi connectivity index (χ0n) is 16.8. The van der Waals surface area contributed by atoms with Crippen LogP contribution >= 0.6 is 11.6 Å². The summed E-state index contributed by atoms with van der Waals surface area (Å²) in [5, 5.41) is 0.653. The second-order valence-corrected chi connectivity index (χ2v) is 7.74. The Morgan fingerprint density at radius 2 is 1.70 bits per heavy atom. The third kappa shape index (κ3) is 4.99. The number of amides is 1. The standard InChI is InChI=1S/C24H25ClN4O/c25-22-9-5-4-6-20(22)10-11-23(30)28-17-14-27(15-18-28)16-19-29-13-12-26-24(29)21-7-2-1-3-8-21/h1-13H,14-19H2/b11-10+. The van der Waals surface area contributed by atoms with Crippen LogP contribution in [0.25, 0.3) is 17.5 Å². The lowest BCUT2D eigenvalue weighted by Gasteiger charge is -2.34. The fourth-order valence-corrected chi connectivity index (χ4v) is 3.85. The van der Waals surface area contributed by atoms with Crippen molar-refractivity contribution < 1.29 is 4.79 Å². The van der Waals surface area contributed by atoms with Gasteiger partial charge in [0.05, 0.1) is 0 Å². The molecule has 2 aromatic carbocycles. The third-order valence-corrected chi connectivity index (χ3v) is 5.74. The van der Waals surface area contributed by atoms with Gasteiger partial charge in [-0.2, -0.15) is 0 Å². The lowest BCUT2D eigenvalue weighted by molar-refractivity contribution is -0.127. The molecular formula is C24H25ClN4O. The fourth-order valence-electron chi connectivity index (χ4n) is 3.65. The van der Waals surface area contributed by atoms with Crippen molar-refractivity contribution in [3.8, 4) is 11.4 Å². The summed E-state index contributed by atoms with van der Waals surface area (Å²) >= 11 is 6.15. The summed E-state index contributed by atoms with van der Waals surface area (Å²) in [6, 6.07) is 17.8. The van der Waals surface area contributed by atoms with Crippen LogP contribution in [0.4, 0.5) is 0 Å². The Kier molecular flexibility index (Phi) is 6.62. The van der Waals surface area contributed by atoms with Gasteiger partial charge in [0.15, 0.2) is 0 Å². The monoisotopic (exact) mass is 420 g/mol. The van der Waals surface area contributed by atoms with Crippen molar-refractivity contribution in [3.63, 3.8) is 0 Å². The van der Waals surface area contributed by atoms with Gasteiger partial charge >= 0.3 is 0 Å². The highest BCUT2D eigenvalue weighted by molar-refractivity contribution is 6.32. The molecule has 1 aromatic heterocycles.